The second-order valence-corrected chi connectivity index (χ2v) is 7.39. The van der Waals surface area contributed by atoms with Crippen LogP contribution in [0.3, 0.4) is 0 Å². The lowest BCUT2D eigenvalue weighted by molar-refractivity contribution is -0.0775. The Kier molecular flexibility index (Phi) is 5.87. The third-order valence-corrected chi connectivity index (χ3v) is 5.45. The van der Waals surface area contributed by atoms with Gasteiger partial charge in [0.05, 0.1) is 5.60 Å². The van der Waals surface area contributed by atoms with E-state index in [0.717, 1.165) is 12.3 Å². The second kappa shape index (κ2) is 7.23. The van der Waals surface area contributed by atoms with E-state index in [9.17, 15) is 0 Å². The topological polar surface area (TPSA) is 21.3 Å². The highest BCUT2D eigenvalue weighted by Gasteiger charge is 2.41. The maximum atomic E-state index is 6.03. The predicted molar refractivity (Wildman–Crippen MR) is 93.1 cm³/mol. The molecule has 1 N–H and O–H groups in total. The molecule has 20 heavy (non-hydrogen) atoms. The van der Waals surface area contributed by atoms with Gasteiger partial charge in [-0.3, -0.25) is 0 Å². The van der Waals surface area contributed by atoms with Gasteiger partial charge in [0, 0.05) is 16.7 Å². The van der Waals surface area contributed by atoms with E-state index in [0.29, 0.717) is 6.04 Å². The first-order valence-corrected chi connectivity index (χ1v) is 8.64. The van der Waals surface area contributed by atoms with Crippen molar-refractivity contribution in [3.8, 4) is 0 Å². The van der Waals surface area contributed by atoms with E-state index in [1.54, 1.807) is 0 Å². The minimum atomic E-state index is -0.00455. The summed E-state index contributed by atoms with van der Waals surface area (Å²) in [6.07, 6.45) is 5.99. The minimum absolute atomic E-state index is 0.00455. The average Bonchev–Trinajstić information content (AvgIpc) is 2.46. The molecule has 0 radical (unpaired) electrons. The highest BCUT2D eigenvalue weighted by Crippen LogP contribution is 2.38. The van der Waals surface area contributed by atoms with Crippen LogP contribution in [0.15, 0.2) is 24.3 Å². The van der Waals surface area contributed by atoms with Gasteiger partial charge in [0.1, 0.15) is 0 Å². The lowest BCUT2D eigenvalue weighted by Crippen LogP contribution is -2.54. The average molecular weight is 387 g/mol. The number of rotatable bonds is 5. The zero-order valence-electron chi connectivity index (χ0n) is 12.8. The van der Waals surface area contributed by atoms with Crippen LogP contribution < -0.4 is 5.32 Å². The first-order valence-electron chi connectivity index (χ1n) is 7.56. The van der Waals surface area contributed by atoms with Crippen molar-refractivity contribution in [1.82, 2.24) is 5.32 Å². The molecular weight excluding hydrogens is 361 g/mol. The summed E-state index contributed by atoms with van der Waals surface area (Å²) in [5.74, 6) is 0.760. The van der Waals surface area contributed by atoms with Gasteiger partial charge in [0.25, 0.3) is 0 Å². The molecule has 2 nitrogen and oxygen atoms in total. The molecule has 0 amide bonds. The van der Waals surface area contributed by atoms with E-state index in [-0.39, 0.29) is 5.60 Å². The minimum Gasteiger partial charge on any atom is -0.377 e. The van der Waals surface area contributed by atoms with Gasteiger partial charge in [-0.05, 0) is 72.5 Å². The number of methoxy groups -OCH3 is 1. The fourth-order valence-electron chi connectivity index (χ4n) is 3.60. The molecule has 3 unspecified atom stereocenters. The SMILES string of the molecule is CNC(Cc1ccc(I)cc1)C1(OC)CCCC(C)C1. The molecule has 112 valence electrons. The Labute approximate surface area is 136 Å². The Balaban J connectivity index is 2.14. The summed E-state index contributed by atoms with van der Waals surface area (Å²) in [5.41, 5.74) is 1.38. The molecule has 0 spiro atoms. The van der Waals surface area contributed by atoms with Gasteiger partial charge in [-0.25, -0.2) is 0 Å². The molecule has 1 aliphatic rings. The third kappa shape index (κ3) is 3.74. The van der Waals surface area contributed by atoms with Gasteiger partial charge >= 0.3 is 0 Å². The molecule has 0 aromatic heterocycles. The molecule has 3 heteroatoms. The van der Waals surface area contributed by atoms with Crippen molar-refractivity contribution in [3.63, 3.8) is 0 Å². The van der Waals surface area contributed by atoms with Crippen LogP contribution in [0, 0.1) is 9.49 Å². The molecule has 1 aromatic carbocycles. The van der Waals surface area contributed by atoms with Crippen molar-refractivity contribution in [1.29, 1.82) is 0 Å². The summed E-state index contributed by atoms with van der Waals surface area (Å²) in [6, 6.07) is 9.23. The normalized spacial score (nSPS) is 28.3. The van der Waals surface area contributed by atoms with E-state index in [1.807, 2.05) is 7.11 Å². The summed E-state index contributed by atoms with van der Waals surface area (Å²) in [5, 5.41) is 3.52. The van der Waals surface area contributed by atoms with Crippen LogP contribution in [-0.2, 0) is 11.2 Å². The number of nitrogens with one attached hydrogen (secondary N) is 1. The number of hydrogen-bond donors (Lipinski definition) is 1. The quantitative estimate of drug-likeness (QED) is 0.771. The zero-order chi connectivity index (χ0) is 14.6. The third-order valence-electron chi connectivity index (χ3n) is 4.73. The van der Waals surface area contributed by atoms with Gasteiger partial charge in [0.15, 0.2) is 0 Å². The van der Waals surface area contributed by atoms with Crippen LogP contribution in [0.2, 0.25) is 0 Å². The van der Waals surface area contributed by atoms with Crippen LogP contribution in [0.4, 0.5) is 0 Å². The number of hydrogen-bond acceptors (Lipinski definition) is 2. The van der Waals surface area contributed by atoms with Crippen molar-refractivity contribution in [2.45, 2.75) is 50.7 Å². The van der Waals surface area contributed by atoms with E-state index in [1.165, 1.54) is 34.8 Å². The lowest BCUT2D eigenvalue weighted by Gasteiger charge is -2.44. The smallest absolute Gasteiger partial charge is 0.0836 e. The molecule has 1 aliphatic carbocycles. The summed E-state index contributed by atoms with van der Waals surface area (Å²) in [7, 11) is 3.95. The molecule has 0 heterocycles. The lowest BCUT2D eigenvalue weighted by atomic mass is 9.73. The largest absolute Gasteiger partial charge is 0.377 e. The summed E-state index contributed by atoms with van der Waals surface area (Å²) in [6.45, 7) is 2.35. The second-order valence-electron chi connectivity index (χ2n) is 6.14. The first kappa shape index (κ1) is 16.2. The first-order chi connectivity index (χ1) is 9.59. The molecule has 1 aromatic rings. The summed E-state index contributed by atoms with van der Waals surface area (Å²) in [4.78, 5) is 0. The maximum absolute atomic E-state index is 6.03. The van der Waals surface area contributed by atoms with E-state index < -0.39 is 0 Å². The van der Waals surface area contributed by atoms with Crippen LogP contribution in [0.5, 0.6) is 0 Å². The predicted octanol–water partition coefficient (Wildman–Crippen LogP) is 4.02. The molecule has 2 rings (SSSR count). The van der Waals surface area contributed by atoms with Crippen molar-refractivity contribution < 1.29 is 4.74 Å². The van der Waals surface area contributed by atoms with Crippen LogP contribution >= 0.6 is 22.6 Å². The van der Waals surface area contributed by atoms with Crippen LogP contribution in [0.1, 0.15) is 38.2 Å². The number of benzene rings is 1. The Morgan fingerprint density at radius 2 is 2.10 bits per heavy atom. The van der Waals surface area contributed by atoms with Crippen molar-refractivity contribution in [3.05, 3.63) is 33.4 Å². The molecule has 0 aliphatic heterocycles. The molecule has 0 saturated heterocycles. The summed E-state index contributed by atoms with van der Waals surface area (Å²) >= 11 is 2.36. The Bertz CT molecular complexity index is 420. The van der Waals surface area contributed by atoms with E-state index in [4.69, 9.17) is 4.74 Å². The van der Waals surface area contributed by atoms with Crippen molar-refractivity contribution in [2.24, 2.45) is 5.92 Å². The summed E-state index contributed by atoms with van der Waals surface area (Å²) < 4.78 is 7.33. The number of halogens is 1. The number of likely N-dealkylation sites (N-methyl/N-ethyl adjacent to an activating group) is 1. The Morgan fingerprint density at radius 1 is 1.40 bits per heavy atom. The Hall–Kier alpha value is -0.130. The maximum Gasteiger partial charge on any atom is 0.0836 e. The van der Waals surface area contributed by atoms with E-state index >= 15 is 0 Å². The molecular formula is C17H26INO. The van der Waals surface area contributed by atoms with Crippen molar-refractivity contribution in [2.75, 3.05) is 14.2 Å². The highest BCUT2D eigenvalue weighted by atomic mass is 127. The Morgan fingerprint density at radius 3 is 2.65 bits per heavy atom. The molecule has 1 saturated carbocycles. The van der Waals surface area contributed by atoms with Crippen molar-refractivity contribution >= 4 is 22.6 Å². The number of ether oxygens (including phenoxy) is 1. The highest BCUT2D eigenvalue weighted by molar-refractivity contribution is 14.1. The fraction of sp³-hybridized carbons (Fsp3) is 0.647. The van der Waals surface area contributed by atoms with Gasteiger partial charge in [-0.15, -0.1) is 0 Å². The van der Waals surface area contributed by atoms with Gasteiger partial charge in [-0.1, -0.05) is 31.9 Å². The molecule has 0 bridgehead atoms. The van der Waals surface area contributed by atoms with Crippen LogP contribution in [-0.4, -0.2) is 25.8 Å². The molecule has 3 atom stereocenters. The standard InChI is InChI=1S/C17H26INO/c1-13-5-4-10-17(12-13,20-3)16(19-2)11-14-6-8-15(18)9-7-14/h6-9,13,16,19H,4-5,10-12H2,1-3H3. The van der Waals surface area contributed by atoms with Crippen LogP contribution in [0.25, 0.3) is 0 Å². The van der Waals surface area contributed by atoms with E-state index in [2.05, 4.69) is 66.1 Å². The fourth-order valence-corrected chi connectivity index (χ4v) is 3.95. The molecule has 1 fully saturated rings. The zero-order valence-corrected chi connectivity index (χ0v) is 14.9. The van der Waals surface area contributed by atoms with Gasteiger partial charge in [-0.2, -0.15) is 0 Å². The monoisotopic (exact) mass is 387 g/mol. The van der Waals surface area contributed by atoms with Gasteiger partial charge in [0.2, 0.25) is 0 Å². The van der Waals surface area contributed by atoms with Gasteiger partial charge < -0.3 is 10.1 Å².